The standard InChI is InChI=1S/C11H11BrS2/c1-2-8-3-7(6-12)4-10-9(8)5-11(13)14-10/h3-5,13H,2,6H2,1H3. The van der Waals surface area contributed by atoms with Crippen LogP contribution in [0.4, 0.5) is 0 Å². The first-order valence-electron chi connectivity index (χ1n) is 4.55. The second-order valence-electron chi connectivity index (χ2n) is 3.24. The topological polar surface area (TPSA) is 0 Å². The SMILES string of the molecule is CCc1cc(CBr)cc2sc(S)cc12. The van der Waals surface area contributed by atoms with E-state index in [0.29, 0.717) is 0 Å². The van der Waals surface area contributed by atoms with E-state index in [1.165, 1.54) is 21.2 Å². The molecule has 2 rings (SSSR count). The highest BCUT2D eigenvalue weighted by Gasteiger charge is 2.05. The fraction of sp³-hybridized carbons (Fsp3) is 0.273. The van der Waals surface area contributed by atoms with Crippen molar-refractivity contribution in [2.24, 2.45) is 0 Å². The van der Waals surface area contributed by atoms with Gasteiger partial charge in [-0.1, -0.05) is 28.9 Å². The van der Waals surface area contributed by atoms with E-state index in [-0.39, 0.29) is 0 Å². The molecule has 14 heavy (non-hydrogen) atoms. The maximum atomic E-state index is 4.40. The molecule has 0 aliphatic rings. The van der Waals surface area contributed by atoms with Gasteiger partial charge in [-0.2, -0.15) is 0 Å². The maximum Gasteiger partial charge on any atom is 0.0580 e. The van der Waals surface area contributed by atoms with E-state index in [1.54, 1.807) is 11.3 Å². The molecule has 1 heterocycles. The zero-order valence-corrected chi connectivity index (χ0v) is 11.2. The molecule has 1 aromatic carbocycles. The van der Waals surface area contributed by atoms with Crippen molar-refractivity contribution in [3.8, 4) is 0 Å². The number of hydrogen-bond acceptors (Lipinski definition) is 2. The number of alkyl halides is 1. The number of thiol groups is 1. The van der Waals surface area contributed by atoms with Crippen molar-refractivity contribution < 1.29 is 0 Å². The van der Waals surface area contributed by atoms with Crippen LogP contribution in [-0.4, -0.2) is 0 Å². The van der Waals surface area contributed by atoms with Crippen molar-refractivity contribution in [1.29, 1.82) is 0 Å². The third kappa shape index (κ3) is 1.86. The van der Waals surface area contributed by atoms with Crippen molar-refractivity contribution >= 4 is 50.0 Å². The normalized spacial score (nSPS) is 11.1. The number of aryl methyl sites for hydroxylation is 1. The van der Waals surface area contributed by atoms with Crippen LogP contribution in [0.15, 0.2) is 22.4 Å². The molecule has 0 saturated carbocycles. The molecule has 0 unspecified atom stereocenters. The Morgan fingerprint density at radius 3 is 2.79 bits per heavy atom. The number of rotatable bonds is 2. The van der Waals surface area contributed by atoms with Crippen LogP contribution < -0.4 is 0 Å². The second-order valence-corrected chi connectivity index (χ2v) is 5.67. The predicted octanol–water partition coefficient (Wildman–Crippen LogP) is 4.65. The molecule has 0 atom stereocenters. The summed E-state index contributed by atoms with van der Waals surface area (Å²) in [5, 5.41) is 2.29. The van der Waals surface area contributed by atoms with Crippen LogP contribution in [-0.2, 0) is 11.8 Å². The van der Waals surface area contributed by atoms with Crippen LogP contribution >= 0.6 is 39.9 Å². The third-order valence-corrected chi connectivity index (χ3v) is 4.24. The summed E-state index contributed by atoms with van der Waals surface area (Å²) in [6.07, 6.45) is 1.08. The van der Waals surface area contributed by atoms with Crippen LogP contribution in [0, 0.1) is 0 Å². The van der Waals surface area contributed by atoms with Gasteiger partial charge in [0.25, 0.3) is 0 Å². The van der Waals surface area contributed by atoms with Gasteiger partial charge >= 0.3 is 0 Å². The van der Waals surface area contributed by atoms with Gasteiger partial charge in [0.2, 0.25) is 0 Å². The van der Waals surface area contributed by atoms with Gasteiger partial charge in [0.1, 0.15) is 0 Å². The summed E-state index contributed by atoms with van der Waals surface area (Å²) in [6.45, 7) is 2.20. The Morgan fingerprint density at radius 2 is 2.14 bits per heavy atom. The molecule has 3 heteroatoms. The van der Waals surface area contributed by atoms with Gasteiger partial charge in [0.15, 0.2) is 0 Å². The first-order valence-corrected chi connectivity index (χ1v) is 6.93. The summed E-state index contributed by atoms with van der Waals surface area (Å²) in [4.78, 5) is 0. The number of benzene rings is 1. The zero-order valence-electron chi connectivity index (χ0n) is 7.88. The summed E-state index contributed by atoms with van der Waals surface area (Å²) < 4.78 is 2.45. The lowest BCUT2D eigenvalue weighted by atomic mass is 10.1. The van der Waals surface area contributed by atoms with E-state index in [1.807, 2.05) is 0 Å². The van der Waals surface area contributed by atoms with Crippen molar-refractivity contribution in [3.05, 3.63) is 29.3 Å². The average molecular weight is 287 g/mol. The minimum atomic E-state index is 0.926. The van der Waals surface area contributed by atoms with E-state index < -0.39 is 0 Å². The lowest BCUT2D eigenvalue weighted by Gasteiger charge is -2.02. The Labute approximate surface area is 102 Å². The van der Waals surface area contributed by atoms with Gasteiger partial charge in [-0.05, 0) is 35.1 Å². The highest BCUT2D eigenvalue weighted by Crippen LogP contribution is 2.32. The number of thiophene rings is 1. The molecule has 0 nitrogen and oxygen atoms in total. The first-order chi connectivity index (χ1) is 6.74. The summed E-state index contributed by atoms with van der Waals surface area (Å²) >= 11 is 9.65. The highest BCUT2D eigenvalue weighted by atomic mass is 79.9. The van der Waals surface area contributed by atoms with E-state index in [2.05, 4.69) is 53.7 Å². The van der Waals surface area contributed by atoms with Crippen LogP contribution in [0.3, 0.4) is 0 Å². The van der Waals surface area contributed by atoms with Crippen LogP contribution in [0.25, 0.3) is 10.1 Å². The third-order valence-electron chi connectivity index (χ3n) is 2.31. The van der Waals surface area contributed by atoms with E-state index >= 15 is 0 Å². The van der Waals surface area contributed by atoms with Gasteiger partial charge in [0.05, 0.1) is 4.21 Å². The summed E-state index contributed by atoms with van der Waals surface area (Å²) in [7, 11) is 0. The number of hydrogen-bond donors (Lipinski definition) is 1. The average Bonchev–Trinajstić information content (AvgIpc) is 2.56. The van der Waals surface area contributed by atoms with Crippen molar-refractivity contribution in [2.75, 3.05) is 0 Å². The Bertz CT molecular complexity index is 460. The minimum Gasteiger partial charge on any atom is -0.133 e. The molecule has 0 N–H and O–H groups in total. The molecule has 0 saturated heterocycles. The highest BCUT2D eigenvalue weighted by molar-refractivity contribution is 9.08. The monoisotopic (exact) mass is 286 g/mol. The molecule has 0 aliphatic carbocycles. The first kappa shape index (κ1) is 10.5. The minimum absolute atomic E-state index is 0.926. The van der Waals surface area contributed by atoms with Crippen LogP contribution in [0.2, 0.25) is 0 Å². The van der Waals surface area contributed by atoms with Gasteiger partial charge in [-0.15, -0.1) is 24.0 Å². The van der Waals surface area contributed by atoms with Crippen molar-refractivity contribution in [3.63, 3.8) is 0 Å². The summed E-state index contributed by atoms with van der Waals surface area (Å²) in [5.74, 6) is 0. The van der Waals surface area contributed by atoms with Gasteiger partial charge in [0, 0.05) is 10.0 Å². The van der Waals surface area contributed by atoms with Crippen LogP contribution in [0.5, 0.6) is 0 Å². The Hall–Kier alpha value is 0.01000. The molecule has 0 spiro atoms. The Morgan fingerprint density at radius 1 is 1.36 bits per heavy atom. The molecular weight excluding hydrogens is 276 g/mol. The molecule has 0 amide bonds. The number of halogens is 1. The van der Waals surface area contributed by atoms with Crippen LogP contribution in [0.1, 0.15) is 18.1 Å². The molecule has 74 valence electrons. The quantitative estimate of drug-likeness (QED) is 0.603. The predicted molar refractivity (Wildman–Crippen MR) is 71.1 cm³/mol. The largest absolute Gasteiger partial charge is 0.133 e. The molecular formula is C11H11BrS2. The van der Waals surface area contributed by atoms with Gasteiger partial charge < -0.3 is 0 Å². The molecule has 0 radical (unpaired) electrons. The van der Waals surface area contributed by atoms with Crippen molar-refractivity contribution in [1.82, 2.24) is 0 Å². The Kier molecular flexibility index (Phi) is 3.20. The molecule has 1 aromatic heterocycles. The molecule has 0 fully saturated rings. The molecule has 0 bridgehead atoms. The fourth-order valence-electron chi connectivity index (χ4n) is 1.63. The van der Waals surface area contributed by atoms with Crippen molar-refractivity contribution in [2.45, 2.75) is 22.9 Å². The lowest BCUT2D eigenvalue weighted by Crippen LogP contribution is -1.84. The van der Waals surface area contributed by atoms with E-state index in [0.717, 1.165) is 16.0 Å². The van der Waals surface area contributed by atoms with E-state index in [4.69, 9.17) is 0 Å². The number of fused-ring (bicyclic) bond motifs is 1. The second kappa shape index (κ2) is 4.25. The molecule has 0 aliphatic heterocycles. The van der Waals surface area contributed by atoms with E-state index in [9.17, 15) is 0 Å². The summed E-state index contributed by atoms with van der Waals surface area (Å²) in [5.41, 5.74) is 2.78. The maximum absolute atomic E-state index is 4.40. The van der Waals surface area contributed by atoms with Gasteiger partial charge in [-0.25, -0.2) is 0 Å². The fourth-order valence-corrected chi connectivity index (χ4v) is 3.29. The van der Waals surface area contributed by atoms with Gasteiger partial charge in [-0.3, -0.25) is 0 Å². The summed E-state index contributed by atoms with van der Waals surface area (Å²) in [6, 6.07) is 6.69. The lowest BCUT2D eigenvalue weighted by molar-refractivity contribution is 1.15. The smallest absolute Gasteiger partial charge is 0.0580 e. The zero-order chi connectivity index (χ0) is 10.1. The Balaban J connectivity index is 2.72. The molecule has 2 aromatic rings.